The Balaban J connectivity index is 1.38. The van der Waals surface area contributed by atoms with Crippen molar-refractivity contribution in [2.75, 3.05) is 0 Å². The number of carbonyl (C=O) groups is 1. The van der Waals surface area contributed by atoms with Gasteiger partial charge in [0, 0.05) is 6.04 Å². The van der Waals surface area contributed by atoms with Gasteiger partial charge in [0.1, 0.15) is 18.2 Å². The van der Waals surface area contributed by atoms with Gasteiger partial charge in [0.05, 0.1) is 15.1 Å². The third-order valence-electron chi connectivity index (χ3n) is 6.78. The molecule has 1 aliphatic heterocycles. The second kappa shape index (κ2) is 11.7. The molecule has 0 N–H and O–H groups in total. The zero-order valence-electron chi connectivity index (χ0n) is 20.6. The van der Waals surface area contributed by atoms with Crippen molar-refractivity contribution < 1.29 is 13.9 Å². The average Bonchev–Trinajstić information content (AvgIpc) is 3.19. The number of ether oxygens (including phenoxy) is 1. The van der Waals surface area contributed by atoms with Gasteiger partial charge in [0.15, 0.2) is 5.17 Å². The molecular weight excluding hydrogens is 551 g/mol. The summed E-state index contributed by atoms with van der Waals surface area (Å²) in [5, 5.41) is 0.750. The molecule has 4 nitrogen and oxygen atoms in total. The molecule has 1 heterocycles. The summed E-state index contributed by atoms with van der Waals surface area (Å²) in [4.78, 5) is 21.2. The zero-order chi connectivity index (χ0) is 25.8. The molecule has 0 bridgehead atoms. The number of para-hydroxylation sites is 1. The highest BCUT2D eigenvalue weighted by molar-refractivity contribution is 9.10. The van der Waals surface area contributed by atoms with E-state index in [4.69, 9.17) is 9.73 Å². The highest BCUT2D eigenvalue weighted by Gasteiger charge is 2.41. The lowest BCUT2D eigenvalue weighted by atomic mass is 9.85. The van der Waals surface area contributed by atoms with E-state index in [1.807, 2.05) is 59.5 Å². The van der Waals surface area contributed by atoms with Gasteiger partial charge >= 0.3 is 0 Å². The minimum absolute atomic E-state index is 0.0196. The predicted octanol–water partition coefficient (Wildman–Crippen LogP) is 8.35. The maximum absolute atomic E-state index is 13.7. The predicted molar refractivity (Wildman–Crippen MR) is 152 cm³/mol. The second-order valence-corrected chi connectivity index (χ2v) is 11.3. The lowest BCUT2D eigenvalue weighted by molar-refractivity contribution is -0.124. The van der Waals surface area contributed by atoms with Gasteiger partial charge < -0.3 is 4.74 Å². The average molecular weight is 580 g/mol. The van der Waals surface area contributed by atoms with Crippen molar-refractivity contribution in [2.24, 2.45) is 10.9 Å². The van der Waals surface area contributed by atoms with E-state index in [2.05, 4.69) is 22.9 Å². The van der Waals surface area contributed by atoms with Gasteiger partial charge in [-0.3, -0.25) is 9.69 Å². The number of amides is 1. The van der Waals surface area contributed by atoms with Crippen molar-refractivity contribution in [2.45, 2.75) is 45.3 Å². The molecule has 1 aliphatic carbocycles. The smallest absolute Gasteiger partial charge is 0.267 e. The summed E-state index contributed by atoms with van der Waals surface area (Å²) < 4.78 is 19.8. The summed E-state index contributed by atoms with van der Waals surface area (Å²) in [5.74, 6) is 0.868. The van der Waals surface area contributed by atoms with E-state index in [1.165, 1.54) is 30.3 Å². The van der Waals surface area contributed by atoms with Crippen molar-refractivity contribution in [3.8, 4) is 5.75 Å². The van der Waals surface area contributed by atoms with Gasteiger partial charge in [-0.05, 0) is 100 Å². The van der Waals surface area contributed by atoms with Gasteiger partial charge in [0.2, 0.25) is 0 Å². The van der Waals surface area contributed by atoms with Crippen LogP contribution in [0.4, 0.5) is 10.1 Å². The molecule has 3 aromatic rings. The van der Waals surface area contributed by atoms with E-state index in [1.54, 1.807) is 12.1 Å². The van der Waals surface area contributed by atoms with E-state index in [0.29, 0.717) is 23.2 Å². The molecular formula is C30H28BrFN2O2S. The van der Waals surface area contributed by atoms with Crippen LogP contribution < -0.4 is 4.74 Å². The summed E-state index contributed by atoms with van der Waals surface area (Å²) >= 11 is 5.04. The first-order valence-corrected chi connectivity index (χ1v) is 14.1. The molecule has 0 unspecified atom stereocenters. The Hall–Kier alpha value is -2.90. The first-order valence-electron chi connectivity index (χ1n) is 12.5. The Morgan fingerprint density at radius 1 is 1.08 bits per heavy atom. The van der Waals surface area contributed by atoms with Crippen LogP contribution in [0.15, 0.2) is 87.2 Å². The van der Waals surface area contributed by atoms with Crippen LogP contribution in [0, 0.1) is 11.7 Å². The Kier molecular flexibility index (Phi) is 8.11. The second-order valence-electron chi connectivity index (χ2n) is 9.45. The fourth-order valence-corrected chi connectivity index (χ4v) is 6.32. The number of benzene rings is 3. The van der Waals surface area contributed by atoms with Gasteiger partial charge in [0.25, 0.3) is 5.91 Å². The minimum atomic E-state index is -0.268. The Labute approximate surface area is 229 Å². The molecule has 2 atom stereocenters. The lowest BCUT2D eigenvalue weighted by Crippen LogP contribution is -2.44. The summed E-state index contributed by atoms with van der Waals surface area (Å²) in [6.45, 7) is 2.58. The van der Waals surface area contributed by atoms with Crippen molar-refractivity contribution in [3.63, 3.8) is 0 Å². The molecule has 5 rings (SSSR count). The molecule has 2 fully saturated rings. The number of thioether (sulfide) groups is 1. The first-order chi connectivity index (χ1) is 18.0. The van der Waals surface area contributed by atoms with Crippen LogP contribution in [0.2, 0.25) is 0 Å². The number of nitrogens with zero attached hydrogens (tertiary/aromatic N) is 2. The topological polar surface area (TPSA) is 41.9 Å². The summed E-state index contributed by atoms with van der Waals surface area (Å²) in [6, 6.07) is 22.0. The van der Waals surface area contributed by atoms with Gasteiger partial charge in [-0.15, -0.1) is 0 Å². The largest absolute Gasteiger partial charge is 0.488 e. The van der Waals surface area contributed by atoms with Gasteiger partial charge in [-0.1, -0.05) is 56.2 Å². The third-order valence-corrected chi connectivity index (χ3v) is 8.38. The fraction of sp³-hybridized carbons (Fsp3) is 0.267. The minimum Gasteiger partial charge on any atom is -0.488 e. The van der Waals surface area contributed by atoms with Crippen molar-refractivity contribution in [1.82, 2.24) is 4.90 Å². The van der Waals surface area contributed by atoms with E-state index >= 15 is 0 Å². The monoisotopic (exact) mass is 578 g/mol. The van der Waals surface area contributed by atoms with Gasteiger partial charge in [-0.2, -0.15) is 0 Å². The molecule has 1 saturated heterocycles. The van der Waals surface area contributed by atoms with Crippen LogP contribution in [0.3, 0.4) is 0 Å². The van der Waals surface area contributed by atoms with E-state index in [-0.39, 0.29) is 17.8 Å². The quantitative estimate of drug-likeness (QED) is 0.276. The molecule has 0 spiro atoms. The van der Waals surface area contributed by atoms with E-state index in [0.717, 1.165) is 45.7 Å². The molecule has 0 aromatic heterocycles. The molecule has 7 heteroatoms. The van der Waals surface area contributed by atoms with E-state index < -0.39 is 0 Å². The maximum Gasteiger partial charge on any atom is 0.267 e. The Morgan fingerprint density at radius 3 is 2.57 bits per heavy atom. The van der Waals surface area contributed by atoms with E-state index in [9.17, 15) is 9.18 Å². The normalized spacial score (nSPS) is 22.1. The Bertz CT molecular complexity index is 1330. The van der Waals surface area contributed by atoms with Gasteiger partial charge in [-0.25, -0.2) is 9.38 Å². The summed E-state index contributed by atoms with van der Waals surface area (Å²) in [5.41, 5.74) is 2.63. The number of aliphatic imine (C=N–C) groups is 1. The molecule has 1 amide bonds. The number of halogens is 2. The first kappa shape index (κ1) is 25.7. The standard InChI is InChI=1S/C30H28BrFN2O2S/c1-20-7-5-6-10-26(20)34-29(35)28(37-30(34)33-24-8-3-2-4-9-24)18-22-13-16-27(25(31)17-22)36-19-21-11-14-23(32)15-12-21/h2-4,8-9,11-18,20,26H,5-7,10,19H2,1H3/b28-18-,33-30?/t20-,26-/m1/s1. The van der Waals surface area contributed by atoms with Crippen molar-refractivity contribution >= 4 is 50.5 Å². The zero-order valence-corrected chi connectivity index (χ0v) is 23.0. The molecule has 2 aliphatic rings. The molecule has 37 heavy (non-hydrogen) atoms. The van der Waals surface area contributed by atoms with Crippen LogP contribution in [-0.2, 0) is 11.4 Å². The number of rotatable bonds is 6. The van der Waals surface area contributed by atoms with Crippen LogP contribution >= 0.6 is 27.7 Å². The third kappa shape index (κ3) is 6.16. The van der Waals surface area contributed by atoms with Crippen LogP contribution in [-0.4, -0.2) is 22.0 Å². The van der Waals surface area contributed by atoms with Crippen LogP contribution in [0.5, 0.6) is 5.75 Å². The maximum atomic E-state index is 13.7. The summed E-state index contributed by atoms with van der Waals surface area (Å²) in [6.07, 6.45) is 6.40. The summed E-state index contributed by atoms with van der Waals surface area (Å²) in [7, 11) is 0. The SMILES string of the molecule is C[C@@H]1CCCC[C@H]1N1C(=O)/C(=C/c2ccc(OCc3ccc(F)cc3)c(Br)c2)SC1=Nc1ccccc1. The lowest BCUT2D eigenvalue weighted by Gasteiger charge is -2.35. The molecule has 3 aromatic carbocycles. The van der Waals surface area contributed by atoms with Crippen molar-refractivity contribution in [3.05, 3.63) is 99.1 Å². The van der Waals surface area contributed by atoms with Crippen LogP contribution in [0.25, 0.3) is 6.08 Å². The molecule has 1 saturated carbocycles. The fourth-order valence-electron chi connectivity index (χ4n) is 4.77. The number of carbonyl (C=O) groups excluding carboxylic acids is 1. The number of amidine groups is 1. The Morgan fingerprint density at radius 2 is 1.84 bits per heavy atom. The highest BCUT2D eigenvalue weighted by Crippen LogP contribution is 2.40. The molecule has 190 valence electrons. The van der Waals surface area contributed by atoms with Crippen molar-refractivity contribution in [1.29, 1.82) is 0 Å². The highest BCUT2D eigenvalue weighted by atomic mass is 79.9. The number of hydrogen-bond donors (Lipinski definition) is 0. The van der Waals surface area contributed by atoms with Crippen LogP contribution in [0.1, 0.15) is 43.7 Å². The molecule has 0 radical (unpaired) electrons. The number of hydrogen-bond acceptors (Lipinski definition) is 4.